The first-order chi connectivity index (χ1) is 11.3. The van der Waals surface area contributed by atoms with Crippen LogP contribution in [0.4, 0.5) is 16.3 Å². The molecule has 0 saturated heterocycles. The second-order valence-corrected chi connectivity index (χ2v) is 6.14. The number of methoxy groups -OCH3 is 1. The molecule has 2 rings (SSSR count). The molecule has 3 N–H and O–H groups in total. The lowest BCUT2D eigenvalue weighted by atomic mass is 10.3. The van der Waals surface area contributed by atoms with Crippen LogP contribution in [0.25, 0.3) is 0 Å². The Kier molecular flexibility index (Phi) is 4.99. The number of anilines is 2. The van der Waals surface area contributed by atoms with Gasteiger partial charge in [-0.3, -0.25) is 10.0 Å². The highest BCUT2D eigenvalue weighted by molar-refractivity contribution is 7.92. The third-order valence-corrected chi connectivity index (χ3v) is 4.17. The Morgan fingerprint density at radius 2 is 1.79 bits per heavy atom. The van der Waals surface area contributed by atoms with Gasteiger partial charge in [0.25, 0.3) is 10.0 Å². The standard InChI is InChI=1S/C14H13N3O6S/c1-23-14(20)15-9-5-7-10(8-6-9)24(21,22)17-12-4-2-3-11(16-12)13(18)19/h2-8H,1H3,(H,15,20)(H,16,17)(H,18,19). The van der Waals surface area contributed by atoms with E-state index >= 15 is 0 Å². The van der Waals surface area contributed by atoms with Crippen LogP contribution in [0.15, 0.2) is 47.4 Å². The summed E-state index contributed by atoms with van der Waals surface area (Å²) in [5, 5.41) is 11.2. The monoisotopic (exact) mass is 351 g/mol. The van der Waals surface area contributed by atoms with E-state index in [0.717, 1.165) is 0 Å². The van der Waals surface area contributed by atoms with Gasteiger partial charge in [-0.1, -0.05) is 6.07 Å². The van der Waals surface area contributed by atoms with Crippen molar-refractivity contribution in [2.24, 2.45) is 0 Å². The first kappa shape index (κ1) is 17.2. The van der Waals surface area contributed by atoms with Gasteiger partial charge in [0.15, 0.2) is 5.69 Å². The van der Waals surface area contributed by atoms with Crippen LogP contribution in [-0.4, -0.2) is 37.7 Å². The van der Waals surface area contributed by atoms with E-state index in [1.54, 1.807) is 0 Å². The Bertz CT molecular complexity index is 864. The maximum Gasteiger partial charge on any atom is 0.411 e. The number of sulfonamides is 1. The van der Waals surface area contributed by atoms with Crippen molar-refractivity contribution < 1.29 is 27.9 Å². The van der Waals surface area contributed by atoms with Crippen LogP contribution in [0.2, 0.25) is 0 Å². The van der Waals surface area contributed by atoms with Gasteiger partial charge in [0.05, 0.1) is 12.0 Å². The fraction of sp³-hybridized carbons (Fsp3) is 0.0714. The van der Waals surface area contributed by atoms with E-state index in [1.807, 2.05) is 0 Å². The molecule has 0 spiro atoms. The summed E-state index contributed by atoms with van der Waals surface area (Å²) in [5.74, 6) is -1.39. The maximum absolute atomic E-state index is 12.3. The molecule has 0 fully saturated rings. The summed E-state index contributed by atoms with van der Waals surface area (Å²) in [6.45, 7) is 0. The molecule has 1 aromatic carbocycles. The van der Waals surface area contributed by atoms with Gasteiger partial charge in [-0.25, -0.2) is 23.0 Å². The van der Waals surface area contributed by atoms with Crippen LogP contribution in [0.1, 0.15) is 10.5 Å². The van der Waals surface area contributed by atoms with E-state index in [0.29, 0.717) is 5.69 Å². The van der Waals surface area contributed by atoms with E-state index in [2.05, 4.69) is 19.8 Å². The summed E-state index contributed by atoms with van der Waals surface area (Å²) in [6.07, 6.45) is -0.682. The molecule has 10 heteroatoms. The van der Waals surface area contributed by atoms with Crippen molar-refractivity contribution in [1.82, 2.24) is 4.98 Å². The number of benzene rings is 1. The molecule has 0 atom stereocenters. The molecule has 0 aliphatic rings. The summed E-state index contributed by atoms with van der Waals surface area (Å²) in [7, 11) is -2.75. The minimum Gasteiger partial charge on any atom is -0.477 e. The Labute approximate surface area is 137 Å². The number of nitrogens with zero attached hydrogens (tertiary/aromatic N) is 1. The Hall–Kier alpha value is -3.14. The number of carbonyl (C=O) groups excluding carboxylic acids is 1. The van der Waals surface area contributed by atoms with Crippen molar-refractivity contribution in [2.45, 2.75) is 4.90 Å². The molecular weight excluding hydrogens is 338 g/mol. The second kappa shape index (κ2) is 6.96. The highest BCUT2D eigenvalue weighted by atomic mass is 32.2. The zero-order valence-electron chi connectivity index (χ0n) is 12.4. The quantitative estimate of drug-likeness (QED) is 0.747. The molecule has 1 heterocycles. The van der Waals surface area contributed by atoms with E-state index < -0.39 is 22.1 Å². The molecule has 0 unspecified atom stereocenters. The summed E-state index contributed by atoms with van der Waals surface area (Å²) >= 11 is 0. The Morgan fingerprint density at radius 3 is 2.38 bits per heavy atom. The molecule has 0 aliphatic carbocycles. The summed E-state index contributed by atoms with van der Waals surface area (Å²) in [4.78, 5) is 25.5. The van der Waals surface area contributed by atoms with E-state index in [4.69, 9.17) is 5.11 Å². The number of carbonyl (C=O) groups is 2. The molecular formula is C14H13N3O6S. The average Bonchev–Trinajstić information content (AvgIpc) is 2.55. The second-order valence-electron chi connectivity index (χ2n) is 4.46. The fourth-order valence-corrected chi connectivity index (χ4v) is 2.69. The lowest BCUT2D eigenvalue weighted by Gasteiger charge is -2.09. The molecule has 0 aliphatic heterocycles. The van der Waals surface area contributed by atoms with Crippen LogP contribution in [0, 0.1) is 0 Å². The molecule has 2 aromatic rings. The third-order valence-electron chi connectivity index (χ3n) is 2.80. The van der Waals surface area contributed by atoms with Gasteiger partial charge >= 0.3 is 12.1 Å². The lowest BCUT2D eigenvalue weighted by Crippen LogP contribution is -2.15. The van der Waals surface area contributed by atoms with Crippen molar-refractivity contribution in [3.8, 4) is 0 Å². The number of amides is 1. The maximum atomic E-state index is 12.3. The van der Waals surface area contributed by atoms with Crippen LogP contribution in [0.3, 0.4) is 0 Å². The highest BCUT2D eigenvalue weighted by Gasteiger charge is 2.16. The molecule has 126 valence electrons. The molecule has 1 aromatic heterocycles. The fourth-order valence-electron chi connectivity index (χ4n) is 1.69. The molecule has 24 heavy (non-hydrogen) atoms. The number of aromatic nitrogens is 1. The van der Waals surface area contributed by atoms with Crippen molar-refractivity contribution >= 4 is 33.6 Å². The topological polar surface area (TPSA) is 135 Å². The van der Waals surface area contributed by atoms with Gasteiger partial charge in [-0.15, -0.1) is 0 Å². The van der Waals surface area contributed by atoms with E-state index in [1.165, 1.54) is 49.6 Å². The number of ether oxygens (including phenoxy) is 1. The number of aromatic carboxylic acids is 1. The van der Waals surface area contributed by atoms with Gasteiger partial charge in [0, 0.05) is 5.69 Å². The molecule has 9 nitrogen and oxygen atoms in total. The van der Waals surface area contributed by atoms with Gasteiger partial charge in [-0.05, 0) is 36.4 Å². The van der Waals surface area contributed by atoms with Gasteiger partial charge in [0.1, 0.15) is 5.82 Å². The molecule has 0 bridgehead atoms. The predicted octanol–water partition coefficient (Wildman–Crippen LogP) is 1.76. The highest BCUT2D eigenvalue weighted by Crippen LogP contribution is 2.17. The van der Waals surface area contributed by atoms with E-state index in [-0.39, 0.29) is 16.4 Å². The van der Waals surface area contributed by atoms with Gasteiger partial charge < -0.3 is 9.84 Å². The number of carboxylic acid groups (broad SMARTS) is 1. The zero-order chi connectivity index (χ0) is 17.7. The zero-order valence-corrected chi connectivity index (χ0v) is 13.2. The molecule has 0 radical (unpaired) electrons. The minimum atomic E-state index is -3.96. The average molecular weight is 351 g/mol. The van der Waals surface area contributed by atoms with Crippen molar-refractivity contribution in [3.63, 3.8) is 0 Å². The number of nitrogens with one attached hydrogen (secondary N) is 2. The van der Waals surface area contributed by atoms with Crippen LogP contribution >= 0.6 is 0 Å². The van der Waals surface area contributed by atoms with Gasteiger partial charge in [0.2, 0.25) is 0 Å². The normalized spacial score (nSPS) is 10.7. The van der Waals surface area contributed by atoms with Crippen molar-refractivity contribution in [2.75, 3.05) is 17.1 Å². The number of pyridine rings is 1. The number of rotatable bonds is 5. The smallest absolute Gasteiger partial charge is 0.411 e. The largest absolute Gasteiger partial charge is 0.477 e. The summed E-state index contributed by atoms with van der Waals surface area (Å²) in [6, 6.07) is 9.25. The van der Waals surface area contributed by atoms with Crippen molar-refractivity contribution in [3.05, 3.63) is 48.2 Å². The van der Waals surface area contributed by atoms with Crippen molar-refractivity contribution in [1.29, 1.82) is 0 Å². The van der Waals surface area contributed by atoms with Crippen LogP contribution in [0.5, 0.6) is 0 Å². The lowest BCUT2D eigenvalue weighted by molar-refractivity contribution is 0.0690. The van der Waals surface area contributed by atoms with Crippen LogP contribution in [-0.2, 0) is 14.8 Å². The third kappa shape index (κ3) is 4.20. The predicted molar refractivity (Wildman–Crippen MR) is 84.5 cm³/mol. The first-order valence-electron chi connectivity index (χ1n) is 6.50. The molecule has 1 amide bonds. The number of hydrogen-bond donors (Lipinski definition) is 3. The SMILES string of the molecule is COC(=O)Nc1ccc(S(=O)(=O)Nc2cccc(C(=O)O)n2)cc1. The summed E-state index contributed by atoms with van der Waals surface area (Å²) < 4.78 is 31.1. The number of carboxylic acids is 1. The summed E-state index contributed by atoms with van der Waals surface area (Å²) in [5.41, 5.74) is 0.0691. The minimum absolute atomic E-state index is 0.0829. The Balaban J connectivity index is 2.19. The van der Waals surface area contributed by atoms with Gasteiger partial charge in [-0.2, -0.15) is 0 Å². The Morgan fingerprint density at radius 1 is 1.12 bits per heavy atom. The number of hydrogen-bond acceptors (Lipinski definition) is 6. The van der Waals surface area contributed by atoms with Crippen LogP contribution < -0.4 is 10.0 Å². The first-order valence-corrected chi connectivity index (χ1v) is 7.98. The molecule has 0 saturated carbocycles. The van der Waals surface area contributed by atoms with E-state index in [9.17, 15) is 18.0 Å².